The van der Waals surface area contributed by atoms with Crippen molar-refractivity contribution < 1.29 is 14.3 Å². The summed E-state index contributed by atoms with van der Waals surface area (Å²) >= 11 is 1.62. The minimum Gasteiger partial charge on any atom is -0.464 e. The number of pyridine rings is 1. The fourth-order valence-corrected chi connectivity index (χ4v) is 3.72. The topological polar surface area (TPSA) is 73.2 Å². The van der Waals surface area contributed by atoms with Gasteiger partial charge in [-0.25, -0.2) is 9.78 Å². The lowest BCUT2D eigenvalue weighted by molar-refractivity contribution is -0.145. The number of aryl methyl sites for hydroxylation is 1. The van der Waals surface area contributed by atoms with Crippen LogP contribution in [0.15, 0.2) is 36.5 Å². The van der Waals surface area contributed by atoms with Gasteiger partial charge < -0.3 is 14.6 Å². The van der Waals surface area contributed by atoms with Gasteiger partial charge in [-0.3, -0.25) is 4.79 Å². The van der Waals surface area contributed by atoms with Crippen LogP contribution < -0.4 is 5.32 Å². The average molecular weight is 385 g/mol. The number of para-hydroxylation sites is 1. The molecule has 3 rings (SSSR count). The van der Waals surface area contributed by atoms with Crippen molar-refractivity contribution in [2.45, 2.75) is 19.4 Å². The number of carbonyl (C=O) groups excluding carboxylic acids is 2. The molecule has 1 amide bonds. The summed E-state index contributed by atoms with van der Waals surface area (Å²) in [6.45, 7) is 2.03. The van der Waals surface area contributed by atoms with Crippen LogP contribution in [0.2, 0.25) is 0 Å². The fourth-order valence-electron chi connectivity index (χ4n) is 3.25. The SMILES string of the molecule is CCOC(=O)[C@H](CCSC)NC(=O)c1nccc2c3ccccc3n(C)c12. The molecule has 0 aliphatic carbocycles. The van der Waals surface area contributed by atoms with Crippen molar-refractivity contribution in [2.24, 2.45) is 7.05 Å². The van der Waals surface area contributed by atoms with Crippen LogP contribution in [0, 0.1) is 0 Å². The van der Waals surface area contributed by atoms with Crippen molar-refractivity contribution in [3.05, 3.63) is 42.2 Å². The van der Waals surface area contributed by atoms with Gasteiger partial charge in [-0.15, -0.1) is 0 Å². The molecule has 1 atom stereocenters. The van der Waals surface area contributed by atoms with Gasteiger partial charge >= 0.3 is 5.97 Å². The first kappa shape index (κ1) is 19.2. The monoisotopic (exact) mass is 385 g/mol. The number of nitrogens with one attached hydrogen (secondary N) is 1. The van der Waals surface area contributed by atoms with Crippen LogP contribution in [0.5, 0.6) is 0 Å². The van der Waals surface area contributed by atoms with Crippen molar-refractivity contribution in [3.63, 3.8) is 0 Å². The zero-order valence-corrected chi connectivity index (χ0v) is 16.5. The van der Waals surface area contributed by atoms with Gasteiger partial charge in [0.25, 0.3) is 5.91 Å². The number of rotatable bonds is 7. The molecular weight excluding hydrogens is 362 g/mol. The van der Waals surface area contributed by atoms with Crippen molar-refractivity contribution >= 4 is 45.4 Å². The molecule has 27 heavy (non-hydrogen) atoms. The highest BCUT2D eigenvalue weighted by molar-refractivity contribution is 7.98. The molecule has 0 bridgehead atoms. The Kier molecular flexibility index (Phi) is 6.01. The number of nitrogens with zero attached hydrogens (tertiary/aromatic N) is 2. The fraction of sp³-hybridized carbons (Fsp3) is 0.350. The molecule has 0 radical (unpaired) electrons. The Bertz CT molecular complexity index is 983. The van der Waals surface area contributed by atoms with Gasteiger partial charge in [0.2, 0.25) is 0 Å². The summed E-state index contributed by atoms with van der Waals surface area (Å²) in [5.74, 6) is -0.0371. The zero-order chi connectivity index (χ0) is 19.4. The lowest BCUT2D eigenvalue weighted by Gasteiger charge is -2.17. The van der Waals surface area contributed by atoms with Gasteiger partial charge in [-0.2, -0.15) is 11.8 Å². The van der Waals surface area contributed by atoms with E-state index in [4.69, 9.17) is 4.74 Å². The first-order chi connectivity index (χ1) is 13.1. The highest BCUT2D eigenvalue weighted by Crippen LogP contribution is 2.29. The Labute approximate surface area is 162 Å². The second-order valence-electron chi connectivity index (χ2n) is 6.19. The molecule has 7 heteroatoms. The number of thioether (sulfide) groups is 1. The van der Waals surface area contributed by atoms with E-state index in [1.54, 1.807) is 24.9 Å². The Hall–Kier alpha value is -2.54. The van der Waals surface area contributed by atoms with E-state index in [1.807, 2.05) is 48.2 Å². The normalized spacial score (nSPS) is 12.3. The van der Waals surface area contributed by atoms with E-state index in [2.05, 4.69) is 10.3 Å². The van der Waals surface area contributed by atoms with Gasteiger partial charge in [0.15, 0.2) is 5.69 Å². The van der Waals surface area contributed by atoms with Gasteiger partial charge in [0.1, 0.15) is 6.04 Å². The molecule has 1 aromatic carbocycles. The summed E-state index contributed by atoms with van der Waals surface area (Å²) in [6.07, 6.45) is 4.10. The average Bonchev–Trinajstić information content (AvgIpc) is 2.98. The second kappa shape index (κ2) is 8.43. The van der Waals surface area contributed by atoms with Gasteiger partial charge in [-0.1, -0.05) is 18.2 Å². The highest BCUT2D eigenvalue weighted by atomic mass is 32.2. The quantitative estimate of drug-likeness (QED) is 0.633. The number of amides is 1. The van der Waals surface area contributed by atoms with E-state index in [-0.39, 0.29) is 12.5 Å². The van der Waals surface area contributed by atoms with Crippen molar-refractivity contribution in [3.8, 4) is 0 Å². The first-order valence-electron chi connectivity index (χ1n) is 8.87. The van der Waals surface area contributed by atoms with E-state index in [0.29, 0.717) is 12.1 Å². The molecule has 0 aliphatic rings. The minimum absolute atomic E-state index is 0.279. The number of aromatic nitrogens is 2. The number of benzene rings is 1. The third-order valence-electron chi connectivity index (χ3n) is 4.52. The Morgan fingerprint density at radius 3 is 2.78 bits per heavy atom. The molecule has 0 aliphatic heterocycles. The first-order valence-corrected chi connectivity index (χ1v) is 10.3. The van der Waals surface area contributed by atoms with Gasteiger partial charge in [0, 0.05) is 29.5 Å². The summed E-state index contributed by atoms with van der Waals surface area (Å²) in [5.41, 5.74) is 2.09. The van der Waals surface area contributed by atoms with Crippen LogP contribution >= 0.6 is 11.8 Å². The molecule has 2 heterocycles. The maximum Gasteiger partial charge on any atom is 0.328 e. The maximum absolute atomic E-state index is 13.0. The van der Waals surface area contributed by atoms with Gasteiger partial charge in [-0.05, 0) is 37.5 Å². The predicted octanol–water partition coefficient (Wildman–Crippen LogP) is 3.14. The summed E-state index contributed by atoms with van der Waals surface area (Å²) in [4.78, 5) is 29.5. The van der Waals surface area contributed by atoms with Crippen LogP contribution in [0.25, 0.3) is 21.8 Å². The third kappa shape index (κ3) is 3.78. The van der Waals surface area contributed by atoms with Crippen LogP contribution in [-0.4, -0.2) is 46.1 Å². The van der Waals surface area contributed by atoms with E-state index in [9.17, 15) is 9.59 Å². The molecule has 0 saturated heterocycles. The minimum atomic E-state index is -0.684. The largest absolute Gasteiger partial charge is 0.464 e. The summed E-state index contributed by atoms with van der Waals surface area (Å²) in [5, 5.41) is 4.84. The molecule has 0 spiro atoms. The van der Waals surface area contributed by atoms with Crippen molar-refractivity contribution in [1.29, 1.82) is 0 Å². The van der Waals surface area contributed by atoms with E-state index in [1.165, 1.54) is 0 Å². The van der Waals surface area contributed by atoms with E-state index < -0.39 is 12.0 Å². The standard InChI is InChI=1S/C20H23N3O3S/c1-4-26-20(25)15(10-12-27-3)22-19(24)17-18-14(9-11-21-17)13-7-5-6-8-16(13)23(18)2/h5-9,11,15H,4,10,12H2,1-3H3,(H,22,24)/t15-/m0/s1. The number of ether oxygens (including phenoxy) is 1. The van der Waals surface area contributed by atoms with Crippen LogP contribution in [-0.2, 0) is 16.6 Å². The molecule has 0 saturated carbocycles. The van der Waals surface area contributed by atoms with Crippen molar-refractivity contribution in [1.82, 2.24) is 14.9 Å². The van der Waals surface area contributed by atoms with Gasteiger partial charge in [0.05, 0.1) is 12.1 Å². The van der Waals surface area contributed by atoms with Crippen LogP contribution in [0.4, 0.5) is 0 Å². The highest BCUT2D eigenvalue weighted by Gasteiger charge is 2.25. The lowest BCUT2D eigenvalue weighted by atomic mass is 10.1. The molecule has 3 aromatic rings. The number of esters is 1. The summed E-state index contributed by atoms with van der Waals surface area (Å²) in [7, 11) is 1.92. The van der Waals surface area contributed by atoms with Crippen molar-refractivity contribution in [2.75, 3.05) is 18.6 Å². The number of hydrogen-bond donors (Lipinski definition) is 1. The van der Waals surface area contributed by atoms with Crippen LogP contribution in [0.1, 0.15) is 23.8 Å². The molecule has 1 N–H and O–H groups in total. The third-order valence-corrected chi connectivity index (χ3v) is 5.16. The molecular formula is C20H23N3O3S. The van der Waals surface area contributed by atoms with E-state index >= 15 is 0 Å². The zero-order valence-electron chi connectivity index (χ0n) is 15.7. The summed E-state index contributed by atoms with van der Waals surface area (Å²) in [6, 6.07) is 9.20. The Morgan fingerprint density at radius 1 is 1.26 bits per heavy atom. The summed E-state index contributed by atoms with van der Waals surface area (Å²) < 4.78 is 7.07. The molecule has 2 aromatic heterocycles. The molecule has 0 unspecified atom stereocenters. The number of hydrogen-bond acceptors (Lipinski definition) is 5. The Balaban J connectivity index is 1.98. The molecule has 142 valence electrons. The van der Waals surface area contributed by atoms with E-state index in [0.717, 1.165) is 27.6 Å². The second-order valence-corrected chi connectivity index (χ2v) is 7.18. The molecule has 0 fully saturated rings. The number of carbonyl (C=O) groups is 2. The maximum atomic E-state index is 13.0. The van der Waals surface area contributed by atoms with Crippen LogP contribution in [0.3, 0.4) is 0 Å². The predicted molar refractivity (Wildman–Crippen MR) is 109 cm³/mol. The number of fused-ring (bicyclic) bond motifs is 3. The Morgan fingerprint density at radius 2 is 2.04 bits per heavy atom. The smallest absolute Gasteiger partial charge is 0.328 e. The molecule has 6 nitrogen and oxygen atoms in total. The lowest BCUT2D eigenvalue weighted by Crippen LogP contribution is -2.42.